The van der Waals surface area contributed by atoms with Gasteiger partial charge >= 0.3 is 18.9 Å². The molecule has 0 saturated carbocycles. The van der Waals surface area contributed by atoms with Crippen LogP contribution in [0.5, 0.6) is 0 Å². The number of nitrogens with zero attached hydrogens (tertiary/aromatic N) is 1. The van der Waals surface area contributed by atoms with Gasteiger partial charge in [-0.05, 0) is 12.1 Å². The van der Waals surface area contributed by atoms with Crippen molar-refractivity contribution >= 4 is 32.6 Å². The Morgan fingerprint density at radius 2 is 1.88 bits per heavy atom. The molecule has 16 heavy (non-hydrogen) atoms. The van der Waals surface area contributed by atoms with E-state index in [1.54, 1.807) is 24.3 Å². The van der Waals surface area contributed by atoms with Crippen LogP contribution in [0.25, 0.3) is 10.9 Å². The van der Waals surface area contributed by atoms with Gasteiger partial charge in [-0.1, -0.05) is 29.8 Å². The Bertz CT molecular complexity index is 630. The fourth-order valence-corrected chi connectivity index (χ4v) is 2.20. The van der Waals surface area contributed by atoms with Gasteiger partial charge in [0.1, 0.15) is 15.3 Å². The molecule has 0 spiro atoms. The Balaban J connectivity index is 0.00000128. The predicted octanol–water partition coefficient (Wildman–Crippen LogP) is -1.20. The summed E-state index contributed by atoms with van der Waals surface area (Å²) in [5.41, 5.74) is 0.551. The molecule has 0 radical (unpaired) electrons. The average Bonchev–Trinajstić information content (AvgIpc) is 2.15. The Kier molecular flexibility index (Phi) is 4.00. The van der Waals surface area contributed by atoms with Crippen molar-refractivity contribution in [3.05, 3.63) is 35.5 Å². The summed E-state index contributed by atoms with van der Waals surface area (Å²) >= 11 is 5.60. The molecule has 1 aromatic carbocycles. The summed E-state index contributed by atoms with van der Waals surface area (Å²) in [5.74, 6) is 0. The number of fused-ring (bicyclic) bond motifs is 1. The van der Waals surface area contributed by atoms with E-state index < -0.39 is 15.0 Å². The Hall–Kier alpha value is -0.573. The second kappa shape index (κ2) is 4.74. The largest absolute Gasteiger partial charge is 1.00 e. The van der Waals surface area contributed by atoms with Crippen molar-refractivity contribution in [3.8, 4) is 0 Å². The smallest absolute Gasteiger partial charge is 0.744 e. The molecule has 0 aliphatic carbocycles. The van der Waals surface area contributed by atoms with Crippen LogP contribution in [0.15, 0.2) is 35.2 Å². The quantitative estimate of drug-likeness (QED) is 0.362. The molecule has 0 aliphatic rings. The van der Waals surface area contributed by atoms with E-state index >= 15 is 0 Å². The van der Waals surface area contributed by atoms with Crippen molar-refractivity contribution in [2.24, 2.45) is 0 Å². The van der Waals surface area contributed by atoms with E-state index in [0.29, 0.717) is 10.9 Å². The van der Waals surface area contributed by atoms with E-state index in [2.05, 4.69) is 4.98 Å². The molecule has 0 fully saturated rings. The number of hydrogen-bond acceptors (Lipinski definition) is 4. The summed E-state index contributed by atoms with van der Waals surface area (Å²) in [6, 6.07) is 8.04. The molecule has 0 aliphatic heterocycles. The molecule has 2 aromatic rings. The van der Waals surface area contributed by atoms with E-state index in [-0.39, 0.29) is 24.0 Å². The van der Waals surface area contributed by atoms with E-state index in [0.717, 1.165) is 0 Å². The molecular formula is C9H5ClLiNO3S. The third-order valence-corrected chi connectivity index (χ3v) is 3.16. The molecular weight excluding hydrogens is 245 g/mol. The van der Waals surface area contributed by atoms with Gasteiger partial charge in [-0.2, -0.15) is 0 Å². The maximum absolute atomic E-state index is 10.8. The molecule has 0 amide bonds. The fourth-order valence-electron chi connectivity index (χ4n) is 1.25. The number of benzene rings is 1. The number of pyridine rings is 1. The SMILES string of the molecule is O=S(=O)([O-])c1cc2ccccc2nc1Cl.[Li+]. The monoisotopic (exact) mass is 249 g/mol. The van der Waals surface area contributed by atoms with Gasteiger partial charge in [0.15, 0.2) is 0 Å². The van der Waals surface area contributed by atoms with Gasteiger partial charge in [0.2, 0.25) is 0 Å². The molecule has 7 heteroatoms. The van der Waals surface area contributed by atoms with Crippen molar-refractivity contribution in [1.29, 1.82) is 0 Å². The molecule has 0 atom stereocenters. The predicted molar refractivity (Wildman–Crippen MR) is 54.7 cm³/mol. The first-order chi connectivity index (χ1) is 6.98. The maximum atomic E-state index is 10.8. The van der Waals surface area contributed by atoms with Gasteiger partial charge in [0.25, 0.3) is 0 Å². The maximum Gasteiger partial charge on any atom is 1.00 e. The molecule has 78 valence electrons. The van der Waals surface area contributed by atoms with Crippen LogP contribution in [0.4, 0.5) is 0 Å². The number of aromatic nitrogens is 1. The van der Waals surface area contributed by atoms with Crippen molar-refractivity contribution in [1.82, 2.24) is 4.98 Å². The fraction of sp³-hybridized carbons (Fsp3) is 0. The van der Waals surface area contributed by atoms with E-state index in [1.807, 2.05) is 0 Å². The second-order valence-corrected chi connectivity index (χ2v) is 4.63. The van der Waals surface area contributed by atoms with Crippen molar-refractivity contribution in [2.75, 3.05) is 0 Å². The Labute approximate surface area is 110 Å². The number of para-hydroxylation sites is 1. The standard InChI is InChI=1S/C9H6ClNO3S.Li/c10-9-8(15(12,13)14)5-6-3-1-2-4-7(6)11-9;/h1-5H,(H,12,13,14);/q;+1/p-1. The minimum Gasteiger partial charge on any atom is -0.744 e. The first kappa shape index (κ1) is 13.5. The molecule has 0 unspecified atom stereocenters. The summed E-state index contributed by atoms with van der Waals surface area (Å²) < 4.78 is 32.5. The zero-order valence-corrected chi connectivity index (χ0v) is 9.92. The van der Waals surface area contributed by atoms with E-state index in [1.165, 1.54) is 6.07 Å². The molecule has 2 rings (SSSR count). The summed E-state index contributed by atoms with van der Waals surface area (Å²) in [4.78, 5) is 3.34. The van der Waals surface area contributed by atoms with Gasteiger partial charge < -0.3 is 4.55 Å². The van der Waals surface area contributed by atoms with Crippen LogP contribution in [-0.2, 0) is 10.1 Å². The normalized spacial score (nSPS) is 11.1. The average molecular weight is 250 g/mol. The summed E-state index contributed by atoms with van der Waals surface area (Å²) in [7, 11) is -4.57. The third kappa shape index (κ3) is 2.57. The van der Waals surface area contributed by atoms with Crippen LogP contribution in [0.1, 0.15) is 0 Å². The molecule has 0 N–H and O–H groups in total. The summed E-state index contributed by atoms with van der Waals surface area (Å²) in [6.45, 7) is 0. The first-order valence-electron chi connectivity index (χ1n) is 4.00. The van der Waals surface area contributed by atoms with Crippen LogP contribution >= 0.6 is 11.6 Å². The summed E-state index contributed by atoms with van der Waals surface area (Å²) in [5, 5.41) is 0.278. The number of halogens is 1. The Morgan fingerprint density at radius 1 is 1.25 bits per heavy atom. The molecule has 1 aromatic heterocycles. The first-order valence-corrected chi connectivity index (χ1v) is 5.78. The zero-order chi connectivity index (χ0) is 11.1. The summed E-state index contributed by atoms with van der Waals surface area (Å²) in [6.07, 6.45) is 0. The van der Waals surface area contributed by atoms with Gasteiger partial charge in [-0.15, -0.1) is 0 Å². The van der Waals surface area contributed by atoms with Gasteiger partial charge in [0, 0.05) is 5.39 Å². The molecule has 4 nitrogen and oxygen atoms in total. The number of rotatable bonds is 1. The zero-order valence-electron chi connectivity index (χ0n) is 8.34. The molecule has 0 bridgehead atoms. The second-order valence-electron chi connectivity index (χ2n) is 2.92. The minimum absolute atomic E-state index is 0. The van der Waals surface area contributed by atoms with E-state index in [9.17, 15) is 13.0 Å². The topological polar surface area (TPSA) is 70.1 Å². The van der Waals surface area contributed by atoms with Crippen LogP contribution in [0.3, 0.4) is 0 Å². The van der Waals surface area contributed by atoms with Crippen LogP contribution < -0.4 is 18.9 Å². The number of hydrogen-bond donors (Lipinski definition) is 0. The Morgan fingerprint density at radius 3 is 2.50 bits per heavy atom. The molecule has 1 heterocycles. The minimum atomic E-state index is -4.57. The third-order valence-electron chi connectivity index (χ3n) is 1.91. The van der Waals surface area contributed by atoms with Crippen molar-refractivity contribution in [3.63, 3.8) is 0 Å². The van der Waals surface area contributed by atoms with Crippen LogP contribution in [-0.4, -0.2) is 18.0 Å². The van der Waals surface area contributed by atoms with Crippen molar-refractivity contribution < 1.29 is 31.8 Å². The molecule has 0 saturated heterocycles. The van der Waals surface area contributed by atoms with E-state index in [4.69, 9.17) is 11.6 Å². The van der Waals surface area contributed by atoms with Gasteiger partial charge in [-0.3, -0.25) is 0 Å². The van der Waals surface area contributed by atoms with Crippen molar-refractivity contribution in [2.45, 2.75) is 4.90 Å². The van der Waals surface area contributed by atoms with Crippen LogP contribution in [0.2, 0.25) is 5.15 Å². The van der Waals surface area contributed by atoms with Gasteiger partial charge in [0.05, 0.1) is 10.4 Å². The van der Waals surface area contributed by atoms with Crippen LogP contribution in [0, 0.1) is 0 Å². The van der Waals surface area contributed by atoms with Gasteiger partial charge in [-0.25, -0.2) is 13.4 Å².